The second kappa shape index (κ2) is 14.1. The third-order valence-corrected chi connectivity index (χ3v) is 9.98. The van der Waals surface area contributed by atoms with Gasteiger partial charge in [0.1, 0.15) is 0 Å². The van der Waals surface area contributed by atoms with Gasteiger partial charge < -0.3 is 10.6 Å². The summed E-state index contributed by atoms with van der Waals surface area (Å²) in [6, 6.07) is 1.42. The Morgan fingerprint density at radius 3 is 1.72 bits per heavy atom. The number of rotatable bonds is 6. The Labute approximate surface area is 215 Å². The van der Waals surface area contributed by atoms with Crippen LogP contribution in [0.2, 0.25) is 0 Å². The van der Waals surface area contributed by atoms with Gasteiger partial charge in [0.05, 0.1) is 0 Å². The van der Waals surface area contributed by atoms with Crippen molar-refractivity contribution in [1.29, 1.82) is 0 Å². The SMILES string of the molecule is C(C[N-]C1CCCC2CCCCC21)C[N-]C1C2CCCCC2CC2CCCCC21.[Cl][Ti][Cl]. The molecule has 0 aliphatic heterocycles. The summed E-state index contributed by atoms with van der Waals surface area (Å²) in [7, 11) is 9.78. The van der Waals surface area contributed by atoms with Crippen LogP contribution in [0.15, 0.2) is 0 Å². The fraction of sp³-hybridized carbons (Fsp3) is 1.00. The number of hydrogen-bond acceptors (Lipinski definition) is 0. The van der Waals surface area contributed by atoms with Gasteiger partial charge >= 0.3 is 35.6 Å². The quantitative estimate of drug-likeness (QED) is 0.248. The van der Waals surface area contributed by atoms with Gasteiger partial charge in [-0.15, -0.1) is 12.1 Å². The van der Waals surface area contributed by atoms with E-state index < -0.39 is 17.0 Å². The number of fused-ring (bicyclic) bond motifs is 3. The van der Waals surface area contributed by atoms with Crippen molar-refractivity contribution < 1.29 is 17.0 Å². The monoisotopic (exact) mass is 516 g/mol. The first kappa shape index (κ1) is 26.3. The summed E-state index contributed by atoms with van der Waals surface area (Å²) in [5.74, 6) is 5.89. The van der Waals surface area contributed by atoms with E-state index in [2.05, 4.69) is 0 Å². The molecule has 5 saturated carbocycles. The summed E-state index contributed by atoms with van der Waals surface area (Å²) in [6.45, 7) is 2.19. The second-order valence-corrected chi connectivity index (χ2v) is 14.2. The Bertz CT molecular complexity index is 512. The zero-order valence-electron chi connectivity index (χ0n) is 20.2. The zero-order chi connectivity index (χ0) is 22.2. The molecule has 0 amide bonds. The molecule has 5 fully saturated rings. The number of hydrogen-bond donors (Lipinski definition) is 0. The number of halogens is 2. The molecule has 0 saturated heterocycles. The van der Waals surface area contributed by atoms with E-state index in [9.17, 15) is 0 Å². The van der Waals surface area contributed by atoms with Crippen molar-refractivity contribution in [3.8, 4) is 0 Å². The molecular weight excluding hydrogens is 471 g/mol. The summed E-state index contributed by atoms with van der Waals surface area (Å²) in [6.07, 6.45) is 25.0. The van der Waals surface area contributed by atoms with Crippen LogP contribution in [0.25, 0.3) is 10.6 Å². The van der Waals surface area contributed by atoms with Crippen molar-refractivity contribution in [2.24, 2.45) is 35.5 Å². The molecule has 7 atom stereocenters. The molecule has 32 heavy (non-hydrogen) atoms. The van der Waals surface area contributed by atoms with Crippen molar-refractivity contribution in [2.45, 2.75) is 121 Å². The predicted molar refractivity (Wildman–Crippen MR) is 135 cm³/mol. The van der Waals surface area contributed by atoms with Crippen LogP contribution in [-0.4, -0.2) is 25.2 Å². The van der Waals surface area contributed by atoms with Gasteiger partial charge in [-0.25, -0.2) is 0 Å². The molecule has 0 radical (unpaired) electrons. The molecule has 0 aromatic rings. The van der Waals surface area contributed by atoms with E-state index in [1.807, 2.05) is 0 Å². The van der Waals surface area contributed by atoms with Crippen LogP contribution in [0, 0.1) is 35.5 Å². The third-order valence-electron chi connectivity index (χ3n) is 9.98. The van der Waals surface area contributed by atoms with E-state index in [0.717, 1.165) is 54.6 Å². The molecule has 0 N–H and O–H groups in total. The Morgan fingerprint density at radius 1 is 0.562 bits per heavy atom. The van der Waals surface area contributed by atoms with Gasteiger partial charge in [-0.3, -0.25) is 0 Å². The molecule has 184 valence electrons. The summed E-state index contributed by atoms with van der Waals surface area (Å²) in [5, 5.41) is 10.7. The van der Waals surface area contributed by atoms with Crippen LogP contribution in [0.3, 0.4) is 0 Å². The van der Waals surface area contributed by atoms with E-state index in [1.54, 1.807) is 6.42 Å². The summed E-state index contributed by atoms with van der Waals surface area (Å²) in [5.41, 5.74) is 0. The van der Waals surface area contributed by atoms with Crippen LogP contribution in [0.4, 0.5) is 0 Å². The zero-order valence-corrected chi connectivity index (χ0v) is 23.3. The third kappa shape index (κ3) is 6.91. The van der Waals surface area contributed by atoms with Crippen LogP contribution in [0.5, 0.6) is 0 Å². The fourth-order valence-electron chi connectivity index (χ4n) is 8.63. The molecular formula is C27H46Cl2N2Ti-2. The first-order valence-corrected chi connectivity index (χ1v) is 18.4. The van der Waals surface area contributed by atoms with Crippen molar-refractivity contribution in [2.75, 3.05) is 13.1 Å². The Hall–Kier alpha value is 1.21. The van der Waals surface area contributed by atoms with Gasteiger partial charge in [0, 0.05) is 0 Å². The molecule has 5 aliphatic carbocycles. The summed E-state index contributed by atoms with van der Waals surface area (Å²) in [4.78, 5) is 0. The average Bonchev–Trinajstić information content (AvgIpc) is 2.84. The minimum absolute atomic E-state index is 0.556. The predicted octanol–water partition coefficient (Wildman–Crippen LogP) is 9.24. The molecule has 7 unspecified atom stereocenters. The molecule has 0 aromatic heterocycles. The molecule has 5 aliphatic rings. The Kier molecular flexibility index (Phi) is 11.6. The van der Waals surface area contributed by atoms with Gasteiger partial charge in [-0.2, -0.15) is 13.1 Å². The Morgan fingerprint density at radius 2 is 1.06 bits per heavy atom. The Balaban J connectivity index is 0.000000775. The van der Waals surface area contributed by atoms with Gasteiger partial charge in [0.25, 0.3) is 0 Å². The first-order chi connectivity index (χ1) is 15.8. The van der Waals surface area contributed by atoms with E-state index in [4.69, 9.17) is 29.2 Å². The molecule has 5 rings (SSSR count). The average molecular weight is 517 g/mol. The van der Waals surface area contributed by atoms with Crippen molar-refractivity contribution in [3.05, 3.63) is 10.6 Å². The first-order valence-electron chi connectivity index (χ1n) is 14.1. The van der Waals surface area contributed by atoms with E-state index >= 15 is 0 Å². The van der Waals surface area contributed by atoms with Crippen LogP contribution in [-0.2, 0) is 17.0 Å². The summed E-state index contributed by atoms with van der Waals surface area (Å²) < 4.78 is 0. The standard InChI is InChI=1S/C27H46N2.2ClH.Ti/c1-4-13-23-20(9-1)12-7-16-26(23)28-17-8-18-29-27-24-14-5-2-10-21(24)19-22-11-3-6-15-25(22)27;;;/h20-27H,1-19H2;2*1H;/q-2;;;+2/p-2. The second-order valence-electron chi connectivity index (χ2n) is 11.6. The van der Waals surface area contributed by atoms with E-state index in [1.165, 1.54) is 103 Å². The normalized spacial score (nSPS) is 41.3. The fourth-order valence-corrected chi connectivity index (χ4v) is 8.63. The molecule has 0 bridgehead atoms. The molecule has 5 heteroatoms. The van der Waals surface area contributed by atoms with E-state index in [0.29, 0.717) is 6.04 Å². The van der Waals surface area contributed by atoms with Gasteiger partial charge in [0.15, 0.2) is 0 Å². The van der Waals surface area contributed by atoms with Gasteiger partial charge in [0.2, 0.25) is 0 Å². The molecule has 0 heterocycles. The van der Waals surface area contributed by atoms with E-state index in [-0.39, 0.29) is 0 Å². The molecule has 0 aromatic carbocycles. The number of nitrogens with zero attached hydrogens (tertiary/aromatic N) is 2. The van der Waals surface area contributed by atoms with Crippen LogP contribution < -0.4 is 0 Å². The maximum absolute atomic E-state index is 5.46. The van der Waals surface area contributed by atoms with Crippen LogP contribution >= 0.6 is 18.6 Å². The van der Waals surface area contributed by atoms with Gasteiger partial charge in [-0.05, 0) is 24.2 Å². The molecule has 0 spiro atoms. The van der Waals surface area contributed by atoms with Gasteiger partial charge in [-0.1, -0.05) is 120 Å². The maximum atomic E-state index is 5.46. The minimum atomic E-state index is -0.556. The molecule has 2 nitrogen and oxygen atoms in total. The van der Waals surface area contributed by atoms with Crippen molar-refractivity contribution in [1.82, 2.24) is 0 Å². The van der Waals surface area contributed by atoms with Crippen molar-refractivity contribution in [3.63, 3.8) is 0 Å². The summed E-state index contributed by atoms with van der Waals surface area (Å²) >= 11 is -0.556. The van der Waals surface area contributed by atoms with Crippen molar-refractivity contribution >= 4 is 18.6 Å². The van der Waals surface area contributed by atoms with Crippen LogP contribution in [0.1, 0.15) is 109 Å². The topological polar surface area (TPSA) is 28.2 Å².